The van der Waals surface area contributed by atoms with Crippen molar-refractivity contribution in [2.75, 3.05) is 7.11 Å². The second-order valence-corrected chi connectivity index (χ2v) is 6.00. The molecule has 1 aliphatic heterocycles. The van der Waals surface area contributed by atoms with Crippen molar-refractivity contribution in [2.45, 2.75) is 19.4 Å². The largest absolute Gasteiger partial charge is 0.507 e. The maximum atomic E-state index is 12.0. The smallest absolute Gasteiger partial charge is 0.240 e. The summed E-state index contributed by atoms with van der Waals surface area (Å²) in [5.74, 6) is 0.684. The summed E-state index contributed by atoms with van der Waals surface area (Å²) in [6, 6.07) is 12.1. The van der Waals surface area contributed by atoms with Crippen LogP contribution < -0.4 is 4.74 Å². The average Bonchev–Trinajstić information content (AvgIpc) is 3.02. The molecular weight excluding hydrogens is 328 g/mol. The van der Waals surface area contributed by atoms with E-state index in [1.54, 1.807) is 19.2 Å². The van der Waals surface area contributed by atoms with Gasteiger partial charge < -0.3 is 9.84 Å². The molecular formula is C18H17ClN2O3. The average molecular weight is 345 g/mol. The van der Waals surface area contributed by atoms with Gasteiger partial charge >= 0.3 is 0 Å². The second kappa shape index (κ2) is 6.53. The standard InChI is InChI=1S/C18H17ClN2O3/c1-11(22)21-17(12-3-6-14(24-2)7-4-12)10-16(20-21)15-9-13(19)5-8-18(15)23/h3-9,17,23H,10H2,1-2H3/t17-/m1/s1. The molecule has 5 nitrogen and oxygen atoms in total. The lowest BCUT2D eigenvalue weighted by Crippen LogP contribution is -2.24. The van der Waals surface area contributed by atoms with Crippen LogP contribution in [0.1, 0.15) is 30.5 Å². The summed E-state index contributed by atoms with van der Waals surface area (Å²) >= 11 is 6.02. The molecule has 1 heterocycles. The molecule has 6 heteroatoms. The van der Waals surface area contributed by atoms with Gasteiger partial charge in [-0.2, -0.15) is 5.10 Å². The van der Waals surface area contributed by atoms with Gasteiger partial charge in [0.25, 0.3) is 0 Å². The van der Waals surface area contributed by atoms with Crippen molar-refractivity contribution in [2.24, 2.45) is 5.10 Å². The molecule has 0 saturated carbocycles. The number of carbonyl (C=O) groups is 1. The predicted molar refractivity (Wildman–Crippen MR) is 92.5 cm³/mol. The fourth-order valence-corrected chi connectivity index (χ4v) is 2.96. The zero-order valence-electron chi connectivity index (χ0n) is 13.4. The number of nitrogens with zero attached hydrogens (tertiary/aromatic N) is 2. The van der Waals surface area contributed by atoms with E-state index in [0.717, 1.165) is 11.3 Å². The number of hydrogen-bond acceptors (Lipinski definition) is 4. The normalized spacial score (nSPS) is 16.9. The van der Waals surface area contributed by atoms with E-state index in [2.05, 4.69) is 5.10 Å². The van der Waals surface area contributed by atoms with Gasteiger partial charge in [-0.05, 0) is 35.9 Å². The van der Waals surface area contributed by atoms with E-state index in [4.69, 9.17) is 16.3 Å². The molecule has 1 atom stereocenters. The van der Waals surface area contributed by atoms with Gasteiger partial charge in [-0.3, -0.25) is 4.79 Å². The summed E-state index contributed by atoms with van der Waals surface area (Å²) in [6.07, 6.45) is 0.500. The number of phenols is 1. The Morgan fingerprint density at radius 2 is 2.00 bits per heavy atom. The molecule has 2 aromatic carbocycles. The minimum absolute atomic E-state index is 0.0945. The lowest BCUT2D eigenvalue weighted by atomic mass is 9.98. The monoisotopic (exact) mass is 344 g/mol. The first-order valence-electron chi connectivity index (χ1n) is 7.49. The Kier molecular flexibility index (Phi) is 4.44. The Balaban J connectivity index is 1.96. The minimum atomic E-state index is -0.221. The van der Waals surface area contributed by atoms with Crippen LogP contribution in [0, 0.1) is 0 Å². The van der Waals surface area contributed by atoms with Crippen LogP contribution in [-0.4, -0.2) is 28.8 Å². The molecule has 1 aliphatic rings. The third-order valence-electron chi connectivity index (χ3n) is 4.00. The summed E-state index contributed by atoms with van der Waals surface area (Å²) in [6.45, 7) is 1.47. The van der Waals surface area contributed by atoms with Gasteiger partial charge in [0, 0.05) is 23.9 Å². The number of phenolic OH excluding ortho intramolecular Hbond substituents is 1. The van der Waals surface area contributed by atoms with Crippen LogP contribution in [0.25, 0.3) is 0 Å². The van der Waals surface area contributed by atoms with Crippen LogP contribution in [0.3, 0.4) is 0 Å². The summed E-state index contributed by atoms with van der Waals surface area (Å²) in [7, 11) is 1.61. The molecule has 0 saturated heterocycles. The second-order valence-electron chi connectivity index (χ2n) is 5.56. The highest BCUT2D eigenvalue weighted by Crippen LogP contribution is 2.36. The number of rotatable bonds is 3. The van der Waals surface area contributed by atoms with E-state index in [1.807, 2.05) is 24.3 Å². The first-order chi connectivity index (χ1) is 11.5. The molecule has 2 aromatic rings. The van der Waals surface area contributed by atoms with E-state index < -0.39 is 0 Å². The van der Waals surface area contributed by atoms with E-state index in [0.29, 0.717) is 22.7 Å². The Bertz CT molecular complexity index is 802. The molecule has 0 radical (unpaired) electrons. The molecule has 0 aromatic heterocycles. The third kappa shape index (κ3) is 3.08. The zero-order chi connectivity index (χ0) is 17.3. The topological polar surface area (TPSA) is 62.1 Å². The maximum absolute atomic E-state index is 12.0. The van der Waals surface area contributed by atoms with Crippen LogP contribution in [0.15, 0.2) is 47.6 Å². The Hall–Kier alpha value is -2.53. The number of hydrazone groups is 1. The van der Waals surface area contributed by atoms with Crippen LogP contribution in [0.2, 0.25) is 5.02 Å². The highest BCUT2D eigenvalue weighted by atomic mass is 35.5. The SMILES string of the molecule is COc1ccc([C@H]2CC(c3cc(Cl)ccc3O)=NN2C(C)=O)cc1. The molecule has 0 unspecified atom stereocenters. The van der Waals surface area contributed by atoms with Gasteiger partial charge in [-0.1, -0.05) is 23.7 Å². The van der Waals surface area contributed by atoms with Crippen molar-refractivity contribution >= 4 is 23.2 Å². The fraction of sp³-hybridized carbons (Fsp3) is 0.222. The van der Waals surface area contributed by atoms with Gasteiger partial charge in [0.1, 0.15) is 11.5 Å². The summed E-state index contributed by atoms with van der Waals surface area (Å²) < 4.78 is 5.17. The van der Waals surface area contributed by atoms with Gasteiger partial charge in [-0.25, -0.2) is 5.01 Å². The van der Waals surface area contributed by atoms with Crippen LogP contribution in [0.5, 0.6) is 11.5 Å². The molecule has 124 valence electrons. The Morgan fingerprint density at radius 3 is 2.62 bits per heavy atom. The van der Waals surface area contributed by atoms with Crippen molar-refractivity contribution in [3.8, 4) is 11.5 Å². The van der Waals surface area contributed by atoms with E-state index in [9.17, 15) is 9.90 Å². The number of methoxy groups -OCH3 is 1. The van der Waals surface area contributed by atoms with Crippen molar-refractivity contribution in [3.63, 3.8) is 0 Å². The first kappa shape index (κ1) is 16.3. The van der Waals surface area contributed by atoms with Crippen LogP contribution in [-0.2, 0) is 4.79 Å². The molecule has 1 amide bonds. The number of benzene rings is 2. The van der Waals surface area contributed by atoms with Crippen molar-refractivity contribution < 1.29 is 14.6 Å². The number of hydrogen-bond donors (Lipinski definition) is 1. The van der Waals surface area contributed by atoms with Crippen molar-refractivity contribution in [1.82, 2.24) is 5.01 Å². The number of aromatic hydroxyl groups is 1. The minimum Gasteiger partial charge on any atom is -0.507 e. The molecule has 3 rings (SSSR count). The molecule has 24 heavy (non-hydrogen) atoms. The van der Waals surface area contributed by atoms with Gasteiger partial charge in [0.15, 0.2) is 0 Å². The first-order valence-corrected chi connectivity index (χ1v) is 7.87. The number of ether oxygens (including phenoxy) is 1. The molecule has 0 fully saturated rings. The Morgan fingerprint density at radius 1 is 1.29 bits per heavy atom. The number of carbonyl (C=O) groups excluding carboxylic acids is 1. The van der Waals surface area contributed by atoms with Gasteiger partial charge in [0.2, 0.25) is 5.91 Å². The van der Waals surface area contributed by atoms with Crippen molar-refractivity contribution in [3.05, 3.63) is 58.6 Å². The number of halogens is 1. The third-order valence-corrected chi connectivity index (χ3v) is 4.24. The van der Waals surface area contributed by atoms with E-state index in [-0.39, 0.29) is 17.7 Å². The summed E-state index contributed by atoms with van der Waals surface area (Å²) in [5.41, 5.74) is 2.13. The molecule has 1 N–H and O–H groups in total. The molecule has 0 spiro atoms. The lowest BCUT2D eigenvalue weighted by molar-refractivity contribution is -0.130. The van der Waals surface area contributed by atoms with Gasteiger partial charge in [-0.15, -0.1) is 0 Å². The van der Waals surface area contributed by atoms with Crippen LogP contribution >= 0.6 is 11.6 Å². The van der Waals surface area contributed by atoms with E-state index in [1.165, 1.54) is 18.0 Å². The maximum Gasteiger partial charge on any atom is 0.240 e. The van der Waals surface area contributed by atoms with E-state index >= 15 is 0 Å². The van der Waals surface area contributed by atoms with Crippen LogP contribution in [0.4, 0.5) is 0 Å². The molecule has 0 bridgehead atoms. The van der Waals surface area contributed by atoms with Crippen molar-refractivity contribution in [1.29, 1.82) is 0 Å². The quantitative estimate of drug-likeness (QED) is 0.922. The highest BCUT2D eigenvalue weighted by Gasteiger charge is 2.32. The number of amides is 1. The zero-order valence-corrected chi connectivity index (χ0v) is 14.1. The highest BCUT2D eigenvalue weighted by molar-refractivity contribution is 6.31. The fourth-order valence-electron chi connectivity index (χ4n) is 2.79. The Labute approximate surface area is 145 Å². The molecule has 0 aliphatic carbocycles. The predicted octanol–water partition coefficient (Wildman–Crippen LogP) is 3.75. The lowest BCUT2D eigenvalue weighted by Gasteiger charge is -2.20. The van der Waals surface area contributed by atoms with Gasteiger partial charge in [0.05, 0.1) is 18.9 Å². The summed E-state index contributed by atoms with van der Waals surface area (Å²) in [4.78, 5) is 12.0. The summed E-state index contributed by atoms with van der Waals surface area (Å²) in [5, 5.41) is 16.4.